The zero-order chi connectivity index (χ0) is 23.7. The number of carbonyl (C=O) groups excluding carboxylic acids is 2. The van der Waals surface area contributed by atoms with E-state index in [9.17, 15) is 9.59 Å². The molecule has 0 radical (unpaired) electrons. The van der Waals surface area contributed by atoms with Gasteiger partial charge in [-0.25, -0.2) is 4.79 Å². The molecule has 6 nitrogen and oxygen atoms in total. The zero-order valence-electron chi connectivity index (χ0n) is 18.7. The lowest BCUT2D eigenvalue weighted by Crippen LogP contribution is -2.29. The maximum Gasteiger partial charge on any atom is 0.336 e. The highest BCUT2D eigenvalue weighted by Gasteiger charge is 2.43. The van der Waals surface area contributed by atoms with Crippen molar-refractivity contribution in [2.45, 2.75) is 19.8 Å². The molecule has 7 heteroatoms. The van der Waals surface area contributed by atoms with E-state index in [2.05, 4.69) is 11.9 Å². The van der Waals surface area contributed by atoms with Crippen molar-refractivity contribution in [1.82, 2.24) is 5.32 Å². The first-order chi connectivity index (χ1) is 15.9. The van der Waals surface area contributed by atoms with E-state index in [1.54, 1.807) is 38.1 Å². The maximum atomic E-state index is 13.5. The number of benzene rings is 2. The summed E-state index contributed by atoms with van der Waals surface area (Å²) in [6.07, 6.45) is 1.60. The highest BCUT2D eigenvalue weighted by atomic mass is 35.5. The van der Waals surface area contributed by atoms with Gasteiger partial charge in [0.05, 0.1) is 30.0 Å². The van der Waals surface area contributed by atoms with Gasteiger partial charge in [0, 0.05) is 28.3 Å². The normalized spacial score (nSPS) is 16.7. The molecule has 2 aromatic carbocycles. The number of dihydropyridines is 1. The molecule has 0 saturated carbocycles. The van der Waals surface area contributed by atoms with E-state index in [1.165, 1.54) is 7.11 Å². The fourth-order valence-corrected chi connectivity index (χ4v) is 4.60. The Kier molecular flexibility index (Phi) is 6.29. The van der Waals surface area contributed by atoms with Crippen molar-refractivity contribution in [3.05, 3.63) is 87.6 Å². The van der Waals surface area contributed by atoms with Crippen molar-refractivity contribution in [2.75, 3.05) is 20.3 Å². The van der Waals surface area contributed by atoms with Gasteiger partial charge in [-0.2, -0.15) is 0 Å². The molecule has 1 heterocycles. The molecule has 170 valence electrons. The van der Waals surface area contributed by atoms with Crippen LogP contribution in [0.3, 0.4) is 0 Å². The number of fused-ring (bicyclic) bond motifs is 2. The molecular weight excluding hydrogens is 442 g/mol. The largest absolute Gasteiger partial charge is 0.493 e. The van der Waals surface area contributed by atoms with E-state index in [0.29, 0.717) is 50.2 Å². The molecule has 0 spiro atoms. The molecule has 0 saturated heterocycles. The number of rotatable bonds is 7. The molecule has 1 aliphatic carbocycles. The van der Waals surface area contributed by atoms with Gasteiger partial charge < -0.3 is 19.5 Å². The van der Waals surface area contributed by atoms with Crippen LogP contribution in [0.5, 0.6) is 11.5 Å². The molecule has 4 rings (SSSR count). The molecule has 2 aromatic rings. The molecule has 0 bridgehead atoms. The Labute approximate surface area is 197 Å². The second kappa shape index (κ2) is 9.16. The number of Topliss-reactive ketones (excluding diaryl/α,β-unsaturated/α-hetero) is 1. The Hall–Kier alpha value is -3.51. The van der Waals surface area contributed by atoms with Gasteiger partial charge in [0.2, 0.25) is 0 Å². The SMILES string of the molecule is C=CCOc1c(Cl)cc(C2C(C(=O)OCC)=C(C)NC3=C2C(=O)c2ccccc23)cc1OC. The summed E-state index contributed by atoms with van der Waals surface area (Å²) in [6, 6.07) is 10.8. The minimum atomic E-state index is -0.694. The first-order valence-electron chi connectivity index (χ1n) is 10.6. The predicted octanol–water partition coefficient (Wildman–Crippen LogP) is 5.04. The molecule has 1 N–H and O–H groups in total. The van der Waals surface area contributed by atoms with E-state index in [0.717, 1.165) is 5.56 Å². The van der Waals surface area contributed by atoms with Crippen molar-refractivity contribution in [2.24, 2.45) is 0 Å². The number of halogens is 1. The van der Waals surface area contributed by atoms with Crippen LogP contribution in [0.1, 0.15) is 41.3 Å². The average molecular weight is 466 g/mol. The lowest BCUT2D eigenvalue weighted by Gasteiger charge is -2.29. The fourth-order valence-electron chi connectivity index (χ4n) is 4.33. The Balaban J connectivity index is 1.93. The minimum Gasteiger partial charge on any atom is -0.493 e. The molecule has 0 aromatic heterocycles. The summed E-state index contributed by atoms with van der Waals surface area (Å²) in [5.74, 6) is -0.575. The maximum absolute atomic E-state index is 13.5. The van der Waals surface area contributed by atoms with E-state index in [4.69, 9.17) is 25.8 Å². The van der Waals surface area contributed by atoms with Gasteiger partial charge in [-0.15, -0.1) is 0 Å². The van der Waals surface area contributed by atoms with Gasteiger partial charge in [-0.3, -0.25) is 4.79 Å². The Morgan fingerprint density at radius 2 is 1.97 bits per heavy atom. The summed E-state index contributed by atoms with van der Waals surface area (Å²) < 4.78 is 16.6. The number of hydrogen-bond donors (Lipinski definition) is 1. The number of ketones is 1. The summed E-state index contributed by atoms with van der Waals surface area (Å²) in [7, 11) is 1.51. The molecular formula is C26H24ClNO5. The van der Waals surface area contributed by atoms with Crippen LogP contribution in [0.25, 0.3) is 5.70 Å². The summed E-state index contributed by atoms with van der Waals surface area (Å²) in [4.78, 5) is 26.6. The second-order valence-corrected chi connectivity index (χ2v) is 8.02. The molecule has 2 aliphatic rings. The monoisotopic (exact) mass is 465 g/mol. The Morgan fingerprint density at radius 3 is 2.64 bits per heavy atom. The average Bonchev–Trinajstić information content (AvgIpc) is 3.08. The van der Waals surface area contributed by atoms with Crippen LogP contribution in [-0.2, 0) is 9.53 Å². The minimum absolute atomic E-state index is 0.144. The first-order valence-corrected chi connectivity index (χ1v) is 10.9. The van der Waals surface area contributed by atoms with Crippen molar-refractivity contribution in [3.63, 3.8) is 0 Å². The summed E-state index contributed by atoms with van der Waals surface area (Å²) in [5.41, 5.74) is 4.14. The van der Waals surface area contributed by atoms with Crippen LogP contribution in [0, 0.1) is 0 Å². The van der Waals surface area contributed by atoms with Crippen molar-refractivity contribution < 1.29 is 23.8 Å². The smallest absolute Gasteiger partial charge is 0.336 e. The van der Waals surface area contributed by atoms with Gasteiger partial charge >= 0.3 is 5.97 Å². The fraction of sp³-hybridized carbons (Fsp3) is 0.231. The van der Waals surface area contributed by atoms with Crippen molar-refractivity contribution in [3.8, 4) is 11.5 Å². The van der Waals surface area contributed by atoms with Crippen molar-refractivity contribution >= 4 is 29.1 Å². The number of hydrogen-bond acceptors (Lipinski definition) is 6. The van der Waals surface area contributed by atoms with Crippen LogP contribution < -0.4 is 14.8 Å². The van der Waals surface area contributed by atoms with Crippen LogP contribution in [-0.4, -0.2) is 32.1 Å². The number of nitrogens with one attached hydrogen (secondary N) is 1. The van der Waals surface area contributed by atoms with Gasteiger partial charge in [-0.05, 0) is 31.5 Å². The molecule has 1 atom stereocenters. The van der Waals surface area contributed by atoms with E-state index >= 15 is 0 Å². The van der Waals surface area contributed by atoms with Crippen LogP contribution in [0.4, 0.5) is 0 Å². The summed E-state index contributed by atoms with van der Waals surface area (Å²) >= 11 is 6.57. The number of esters is 1. The first kappa shape index (κ1) is 22.7. The number of methoxy groups -OCH3 is 1. The van der Waals surface area contributed by atoms with E-state index < -0.39 is 11.9 Å². The Bertz CT molecular complexity index is 1230. The van der Waals surface area contributed by atoms with E-state index in [-0.39, 0.29) is 19.0 Å². The highest BCUT2D eigenvalue weighted by molar-refractivity contribution is 6.32. The van der Waals surface area contributed by atoms with E-state index in [1.807, 2.05) is 18.2 Å². The molecule has 0 fully saturated rings. The predicted molar refractivity (Wildman–Crippen MR) is 127 cm³/mol. The topological polar surface area (TPSA) is 73.9 Å². The number of ether oxygens (including phenoxy) is 3. The second-order valence-electron chi connectivity index (χ2n) is 7.61. The third kappa shape index (κ3) is 3.80. The Morgan fingerprint density at radius 1 is 1.24 bits per heavy atom. The quantitative estimate of drug-likeness (QED) is 0.456. The van der Waals surface area contributed by atoms with Crippen LogP contribution in [0.15, 0.2) is 65.9 Å². The zero-order valence-corrected chi connectivity index (χ0v) is 19.4. The van der Waals surface area contributed by atoms with Crippen LogP contribution in [0.2, 0.25) is 5.02 Å². The van der Waals surface area contributed by atoms with Gasteiger partial charge in [0.25, 0.3) is 0 Å². The molecule has 1 aliphatic heterocycles. The van der Waals surface area contributed by atoms with Crippen LogP contribution >= 0.6 is 11.6 Å². The lowest BCUT2D eigenvalue weighted by atomic mass is 9.79. The number of allylic oxidation sites excluding steroid dienone is 2. The van der Waals surface area contributed by atoms with Gasteiger partial charge in [-0.1, -0.05) is 48.5 Å². The lowest BCUT2D eigenvalue weighted by molar-refractivity contribution is -0.138. The van der Waals surface area contributed by atoms with Crippen molar-refractivity contribution in [1.29, 1.82) is 0 Å². The summed E-state index contributed by atoms with van der Waals surface area (Å²) in [6.45, 7) is 7.66. The summed E-state index contributed by atoms with van der Waals surface area (Å²) in [5, 5.41) is 3.58. The molecule has 1 unspecified atom stereocenters. The van der Waals surface area contributed by atoms with Gasteiger partial charge in [0.15, 0.2) is 17.3 Å². The standard InChI is InChI=1S/C26H24ClNO5/c1-5-11-33-25-18(27)12-15(13-19(25)31-4)21-20(26(30)32-6-2)14(3)28-23-16-9-7-8-10-17(16)24(29)22(21)23/h5,7-10,12-13,21,28H,1,6,11H2,2-4H3. The van der Waals surface area contributed by atoms with Gasteiger partial charge in [0.1, 0.15) is 6.61 Å². The third-order valence-electron chi connectivity index (χ3n) is 5.67. The number of carbonyl (C=O) groups is 2. The highest BCUT2D eigenvalue weighted by Crippen LogP contribution is 2.49. The molecule has 33 heavy (non-hydrogen) atoms. The third-order valence-corrected chi connectivity index (χ3v) is 5.96. The molecule has 0 amide bonds.